The van der Waals surface area contributed by atoms with Gasteiger partial charge >= 0.3 is 6.03 Å². The first-order chi connectivity index (χ1) is 10.1. The second-order valence-corrected chi connectivity index (χ2v) is 5.57. The number of fused-ring (bicyclic) bond motifs is 1. The first-order valence-corrected chi connectivity index (χ1v) is 7.09. The molecule has 3 rings (SSSR count). The number of halogens is 1. The number of carbonyl (C=O) groups is 1. The second kappa shape index (κ2) is 5.30. The van der Waals surface area contributed by atoms with E-state index in [1.165, 1.54) is 0 Å². The van der Waals surface area contributed by atoms with E-state index >= 15 is 0 Å². The first kappa shape index (κ1) is 13.8. The quantitative estimate of drug-likeness (QED) is 0.863. The monoisotopic (exact) mass is 301 g/mol. The number of nitrogens with zero attached hydrogens (tertiary/aromatic N) is 2. The maximum absolute atomic E-state index is 12.5. The molecule has 1 aliphatic heterocycles. The van der Waals surface area contributed by atoms with Crippen molar-refractivity contribution in [3.63, 3.8) is 0 Å². The predicted octanol–water partition coefficient (Wildman–Crippen LogP) is 3.49. The van der Waals surface area contributed by atoms with Gasteiger partial charge in [-0.3, -0.25) is 4.90 Å². The zero-order chi connectivity index (χ0) is 15.0. The minimum Gasteiger partial charge on any atom is -0.398 e. The Bertz CT molecular complexity index is 681. The van der Waals surface area contributed by atoms with E-state index in [4.69, 9.17) is 17.3 Å². The molecular formula is C16H16ClN3O. The third kappa shape index (κ3) is 2.43. The van der Waals surface area contributed by atoms with E-state index in [1.54, 1.807) is 35.0 Å². The van der Waals surface area contributed by atoms with Gasteiger partial charge in [-0.25, -0.2) is 4.79 Å². The molecule has 2 amide bonds. The maximum Gasteiger partial charge on any atom is 0.324 e. The predicted molar refractivity (Wildman–Crippen MR) is 85.4 cm³/mol. The normalized spacial score (nSPS) is 14.3. The highest BCUT2D eigenvalue weighted by Crippen LogP contribution is 2.32. The molecule has 4 nitrogen and oxygen atoms in total. The van der Waals surface area contributed by atoms with Crippen LogP contribution in [0.3, 0.4) is 0 Å². The molecule has 0 saturated carbocycles. The van der Waals surface area contributed by atoms with Crippen molar-refractivity contribution in [2.24, 2.45) is 0 Å². The molecule has 21 heavy (non-hydrogen) atoms. The Labute approximate surface area is 128 Å². The topological polar surface area (TPSA) is 49.6 Å². The van der Waals surface area contributed by atoms with Crippen molar-refractivity contribution in [1.82, 2.24) is 4.90 Å². The Balaban J connectivity index is 2.03. The van der Waals surface area contributed by atoms with Crippen molar-refractivity contribution in [1.29, 1.82) is 0 Å². The van der Waals surface area contributed by atoms with Crippen molar-refractivity contribution in [2.45, 2.75) is 13.1 Å². The zero-order valence-electron chi connectivity index (χ0n) is 11.7. The molecule has 0 saturated heterocycles. The number of para-hydroxylation sites is 1. The van der Waals surface area contributed by atoms with E-state index in [9.17, 15) is 4.79 Å². The van der Waals surface area contributed by atoms with Gasteiger partial charge in [0.15, 0.2) is 0 Å². The maximum atomic E-state index is 12.5. The van der Waals surface area contributed by atoms with Crippen LogP contribution in [0.1, 0.15) is 11.1 Å². The number of carbonyl (C=O) groups excluding carboxylic acids is 1. The Hall–Kier alpha value is -2.20. The van der Waals surface area contributed by atoms with Crippen molar-refractivity contribution in [2.75, 3.05) is 17.7 Å². The molecule has 2 N–H and O–H groups in total. The smallest absolute Gasteiger partial charge is 0.324 e. The van der Waals surface area contributed by atoms with Gasteiger partial charge < -0.3 is 10.6 Å². The minimum atomic E-state index is -0.0481. The lowest BCUT2D eigenvalue weighted by molar-refractivity contribution is 0.210. The van der Waals surface area contributed by atoms with Crippen LogP contribution >= 0.6 is 11.6 Å². The average molecular weight is 302 g/mol. The van der Waals surface area contributed by atoms with E-state index in [2.05, 4.69) is 0 Å². The van der Waals surface area contributed by atoms with E-state index in [1.807, 2.05) is 24.3 Å². The summed E-state index contributed by atoms with van der Waals surface area (Å²) in [7, 11) is 1.79. The highest BCUT2D eigenvalue weighted by molar-refractivity contribution is 6.31. The molecule has 0 radical (unpaired) electrons. The lowest BCUT2D eigenvalue weighted by atomic mass is 10.1. The molecule has 2 aromatic rings. The third-order valence-electron chi connectivity index (χ3n) is 3.72. The number of nitrogens with two attached hydrogens (primary N) is 1. The van der Waals surface area contributed by atoms with Gasteiger partial charge in [-0.1, -0.05) is 35.9 Å². The number of hydrogen-bond donors (Lipinski definition) is 1. The molecule has 108 valence electrons. The molecule has 2 aromatic carbocycles. The van der Waals surface area contributed by atoms with Crippen LogP contribution in [0.2, 0.25) is 5.02 Å². The molecule has 0 spiro atoms. The Morgan fingerprint density at radius 1 is 1.19 bits per heavy atom. The number of urea groups is 1. The zero-order valence-corrected chi connectivity index (χ0v) is 12.5. The molecule has 0 unspecified atom stereocenters. The molecule has 0 aromatic heterocycles. The van der Waals surface area contributed by atoms with Crippen LogP contribution in [0.25, 0.3) is 0 Å². The average Bonchev–Trinajstić information content (AvgIpc) is 2.46. The number of nitrogen functional groups attached to an aromatic ring is 1. The van der Waals surface area contributed by atoms with Gasteiger partial charge in [-0.05, 0) is 23.8 Å². The highest BCUT2D eigenvalue weighted by Gasteiger charge is 2.28. The van der Waals surface area contributed by atoms with Crippen molar-refractivity contribution < 1.29 is 4.79 Å². The van der Waals surface area contributed by atoms with Crippen LogP contribution in [0.15, 0.2) is 42.5 Å². The van der Waals surface area contributed by atoms with Gasteiger partial charge in [-0.15, -0.1) is 0 Å². The fourth-order valence-electron chi connectivity index (χ4n) is 2.59. The Kier molecular flexibility index (Phi) is 3.47. The van der Waals surface area contributed by atoms with Crippen LogP contribution in [0.4, 0.5) is 16.2 Å². The SMILES string of the molecule is CN1Cc2ccccc2N(Cc2c(N)cccc2Cl)C1=O. The van der Waals surface area contributed by atoms with Gasteiger partial charge in [0.2, 0.25) is 0 Å². The molecule has 1 aliphatic rings. The van der Waals surface area contributed by atoms with Gasteiger partial charge in [0.05, 0.1) is 12.2 Å². The summed E-state index contributed by atoms with van der Waals surface area (Å²) in [5.74, 6) is 0. The summed E-state index contributed by atoms with van der Waals surface area (Å²) in [5, 5.41) is 0.577. The second-order valence-electron chi connectivity index (χ2n) is 5.16. The fourth-order valence-corrected chi connectivity index (χ4v) is 2.83. The highest BCUT2D eigenvalue weighted by atomic mass is 35.5. The third-order valence-corrected chi connectivity index (χ3v) is 4.07. The summed E-state index contributed by atoms with van der Waals surface area (Å²) in [6, 6.07) is 13.2. The summed E-state index contributed by atoms with van der Waals surface area (Å²) in [6.07, 6.45) is 0. The molecule has 0 bridgehead atoms. The number of benzene rings is 2. The molecule has 0 fully saturated rings. The van der Waals surface area contributed by atoms with Crippen LogP contribution < -0.4 is 10.6 Å². The van der Waals surface area contributed by atoms with Gasteiger partial charge in [0, 0.05) is 29.9 Å². The number of anilines is 2. The Morgan fingerprint density at radius 2 is 1.95 bits per heavy atom. The van der Waals surface area contributed by atoms with E-state index in [-0.39, 0.29) is 6.03 Å². The molecular weight excluding hydrogens is 286 g/mol. The Morgan fingerprint density at radius 3 is 2.71 bits per heavy atom. The fraction of sp³-hybridized carbons (Fsp3) is 0.188. The van der Waals surface area contributed by atoms with E-state index < -0.39 is 0 Å². The summed E-state index contributed by atoms with van der Waals surface area (Å²) < 4.78 is 0. The summed E-state index contributed by atoms with van der Waals surface area (Å²) in [6.45, 7) is 0.981. The molecule has 0 aliphatic carbocycles. The van der Waals surface area contributed by atoms with Crippen molar-refractivity contribution in [3.05, 3.63) is 58.6 Å². The molecule has 1 heterocycles. The largest absolute Gasteiger partial charge is 0.398 e. The number of hydrogen-bond acceptors (Lipinski definition) is 2. The standard InChI is InChI=1S/C16H16ClN3O/c1-19-9-11-5-2-3-8-15(11)20(16(19)21)10-12-13(17)6-4-7-14(12)18/h2-8H,9-10,18H2,1H3. The van der Waals surface area contributed by atoms with Crippen LogP contribution in [0.5, 0.6) is 0 Å². The van der Waals surface area contributed by atoms with Crippen LogP contribution in [-0.2, 0) is 13.1 Å². The summed E-state index contributed by atoms with van der Waals surface area (Å²) in [5.41, 5.74) is 9.41. The number of amides is 2. The van der Waals surface area contributed by atoms with Crippen molar-refractivity contribution >= 4 is 29.0 Å². The lowest BCUT2D eigenvalue weighted by Crippen LogP contribution is -2.44. The first-order valence-electron chi connectivity index (χ1n) is 6.71. The lowest BCUT2D eigenvalue weighted by Gasteiger charge is -2.35. The van der Waals surface area contributed by atoms with Crippen molar-refractivity contribution in [3.8, 4) is 0 Å². The van der Waals surface area contributed by atoms with E-state index in [0.717, 1.165) is 16.8 Å². The van der Waals surface area contributed by atoms with E-state index in [0.29, 0.717) is 23.8 Å². The summed E-state index contributed by atoms with van der Waals surface area (Å²) in [4.78, 5) is 15.9. The summed E-state index contributed by atoms with van der Waals surface area (Å²) >= 11 is 6.23. The molecule has 0 atom stereocenters. The minimum absolute atomic E-state index is 0.0481. The molecule has 5 heteroatoms. The van der Waals surface area contributed by atoms with Gasteiger partial charge in [0.25, 0.3) is 0 Å². The van der Waals surface area contributed by atoms with Gasteiger partial charge in [-0.2, -0.15) is 0 Å². The van der Waals surface area contributed by atoms with Gasteiger partial charge in [0.1, 0.15) is 0 Å². The number of rotatable bonds is 2. The van der Waals surface area contributed by atoms with Crippen LogP contribution in [-0.4, -0.2) is 18.0 Å². The van der Waals surface area contributed by atoms with Crippen LogP contribution in [0, 0.1) is 0 Å².